The Bertz CT molecular complexity index is 616. The summed E-state index contributed by atoms with van der Waals surface area (Å²) < 4.78 is 32.2. The zero-order valence-electron chi connectivity index (χ0n) is 11.4. The number of hydrogen-bond donors (Lipinski definition) is 1. The molecule has 0 unspecified atom stereocenters. The molecule has 1 aliphatic carbocycles. The fourth-order valence-corrected chi connectivity index (χ4v) is 3.44. The van der Waals surface area contributed by atoms with Gasteiger partial charge in [0.2, 0.25) is 10.0 Å². The first kappa shape index (κ1) is 15.0. The van der Waals surface area contributed by atoms with Crippen LogP contribution in [-0.4, -0.2) is 28.7 Å². The average molecular weight is 294 g/mol. The van der Waals surface area contributed by atoms with Gasteiger partial charge in [-0.25, -0.2) is 13.1 Å². The van der Waals surface area contributed by atoms with E-state index in [0.717, 1.165) is 19.3 Å². The Balaban J connectivity index is 2.07. The van der Waals surface area contributed by atoms with Gasteiger partial charge in [-0.2, -0.15) is 5.26 Å². The summed E-state index contributed by atoms with van der Waals surface area (Å²) in [7, 11) is -1.99. The molecule has 0 bridgehead atoms. The number of nitrogens with zero attached hydrogens (tertiary/aromatic N) is 1. The van der Waals surface area contributed by atoms with Crippen LogP contribution < -0.4 is 4.72 Å². The number of sulfonamides is 1. The number of methoxy groups -OCH3 is 1. The van der Waals surface area contributed by atoms with Crippen LogP contribution in [0.2, 0.25) is 0 Å². The molecule has 1 fully saturated rings. The summed E-state index contributed by atoms with van der Waals surface area (Å²) in [6.07, 6.45) is 2.88. The van der Waals surface area contributed by atoms with Crippen molar-refractivity contribution in [1.29, 1.82) is 5.26 Å². The molecule has 0 heterocycles. The highest BCUT2D eigenvalue weighted by Crippen LogP contribution is 2.48. The molecule has 5 nitrogen and oxygen atoms in total. The number of benzene rings is 1. The SMILES string of the molecule is COCCC1(CNS(=O)(=O)c2ccccc2C#N)CC1. The Labute approximate surface area is 119 Å². The summed E-state index contributed by atoms with van der Waals surface area (Å²) in [6.45, 7) is 1.04. The van der Waals surface area contributed by atoms with Crippen LogP contribution in [0.5, 0.6) is 0 Å². The Kier molecular flexibility index (Phi) is 4.43. The highest BCUT2D eigenvalue weighted by atomic mass is 32.2. The minimum atomic E-state index is -3.63. The lowest BCUT2D eigenvalue weighted by molar-refractivity contribution is 0.173. The predicted molar refractivity (Wildman–Crippen MR) is 74.5 cm³/mol. The molecule has 1 aromatic carbocycles. The number of rotatable bonds is 7. The smallest absolute Gasteiger partial charge is 0.241 e. The van der Waals surface area contributed by atoms with Gasteiger partial charge in [0, 0.05) is 20.3 Å². The molecule has 0 spiro atoms. The summed E-state index contributed by atoms with van der Waals surface area (Å²) >= 11 is 0. The molecule has 1 aromatic rings. The first-order valence-electron chi connectivity index (χ1n) is 6.51. The minimum absolute atomic E-state index is 0.0324. The van der Waals surface area contributed by atoms with Gasteiger partial charge in [0.25, 0.3) is 0 Å². The maximum absolute atomic E-state index is 12.3. The lowest BCUT2D eigenvalue weighted by atomic mass is 10.0. The van der Waals surface area contributed by atoms with Crippen LogP contribution >= 0.6 is 0 Å². The van der Waals surface area contributed by atoms with E-state index < -0.39 is 10.0 Å². The van der Waals surface area contributed by atoms with Gasteiger partial charge in [0.15, 0.2) is 0 Å². The van der Waals surface area contributed by atoms with Gasteiger partial charge in [-0.15, -0.1) is 0 Å². The minimum Gasteiger partial charge on any atom is -0.385 e. The van der Waals surface area contributed by atoms with Gasteiger partial charge in [0.1, 0.15) is 6.07 Å². The second kappa shape index (κ2) is 5.92. The molecule has 20 heavy (non-hydrogen) atoms. The third kappa shape index (κ3) is 3.37. The molecule has 108 valence electrons. The fourth-order valence-electron chi connectivity index (χ4n) is 2.13. The van der Waals surface area contributed by atoms with Crippen molar-refractivity contribution in [2.24, 2.45) is 5.41 Å². The van der Waals surface area contributed by atoms with Crippen LogP contribution in [0.4, 0.5) is 0 Å². The standard InChI is InChI=1S/C14H18N2O3S/c1-19-9-8-14(6-7-14)11-16-20(17,18)13-5-3-2-4-12(13)10-15/h2-5,16H,6-9,11H2,1H3. The Morgan fingerprint density at radius 1 is 1.40 bits per heavy atom. The number of hydrogen-bond acceptors (Lipinski definition) is 4. The van der Waals surface area contributed by atoms with E-state index in [1.807, 2.05) is 6.07 Å². The van der Waals surface area contributed by atoms with E-state index in [-0.39, 0.29) is 15.9 Å². The maximum atomic E-state index is 12.3. The molecule has 2 rings (SSSR count). The Morgan fingerprint density at radius 2 is 2.10 bits per heavy atom. The van der Waals surface area contributed by atoms with E-state index in [9.17, 15) is 8.42 Å². The van der Waals surface area contributed by atoms with E-state index >= 15 is 0 Å². The summed E-state index contributed by atoms with van der Waals surface area (Å²) in [5.74, 6) is 0. The van der Waals surface area contributed by atoms with Crippen molar-refractivity contribution >= 4 is 10.0 Å². The van der Waals surface area contributed by atoms with Crippen molar-refractivity contribution in [3.05, 3.63) is 29.8 Å². The number of nitriles is 1. The van der Waals surface area contributed by atoms with Crippen LogP contribution in [0.15, 0.2) is 29.2 Å². The van der Waals surface area contributed by atoms with Crippen molar-refractivity contribution in [2.75, 3.05) is 20.3 Å². The fraction of sp³-hybridized carbons (Fsp3) is 0.500. The highest BCUT2D eigenvalue weighted by molar-refractivity contribution is 7.89. The first-order chi connectivity index (χ1) is 9.53. The molecule has 0 aliphatic heterocycles. The van der Waals surface area contributed by atoms with Crippen LogP contribution in [0, 0.1) is 16.7 Å². The molecule has 1 aliphatic rings. The molecule has 1 N–H and O–H groups in total. The van der Waals surface area contributed by atoms with Gasteiger partial charge in [-0.05, 0) is 36.8 Å². The molecular weight excluding hydrogens is 276 g/mol. The largest absolute Gasteiger partial charge is 0.385 e. The van der Waals surface area contributed by atoms with E-state index in [2.05, 4.69) is 4.72 Å². The van der Waals surface area contributed by atoms with E-state index in [1.165, 1.54) is 12.1 Å². The molecule has 0 amide bonds. The summed E-state index contributed by atoms with van der Waals surface area (Å²) in [6, 6.07) is 8.14. The lowest BCUT2D eigenvalue weighted by Gasteiger charge is -2.16. The Hall–Kier alpha value is -1.42. The number of nitrogens with one attached hydrogen (secondary N) is 1. The van der Waals surface area contributed by atoms with Crippen molar-refractivity contribution in [2.45, 2.75) is 24.2 Å². The summed E-state index contributed by atoms with van der Waals surface area (Å²) in [5, 5.41) is 8.98. The van der Waals surface area contributed by atoms with Crippen molar-refractivity contribution in [1.82, 2.24) is 4.72 Å². The first-order valence-corrected chi connectivity index (χ1v) is 7.99. The zero-order valence-corrected chi connectivity index (χ0v) is 12.2. The molecule has 6 heteroatoms. The molecule has 0 saturated heterocycles. The second-order valence-corrected chi connectivity index (χ2v) is 6.91. The predicted octanol–water partition coefficient (Wildman–Crippen LogP) is 1.65. The van der Waals surface area contributed by atoms with E-state index in [0.29, 0.717) is 13.2 Å². The molecular formula is C14H18N2O3S. The monoisotopic (exact) mass is 294 g/mol. The van der Waals surface area contributed by atoms with Gasteiger partial charge >= 0.3 is 0 Å². The highest BCUT2D eigenvalue weighted by Gasteiger charge is 2.42. The topological polar surface area (TPSA) is 79.2 Å². The maximum Gasteiger partial charge on any atom is 0.241 e. The van der Waals surface area contributed by atoms with Gasteiger partial charge in [-0.1, -0.05) is 12.1 Å². The molecule has 0 atom stereocenters. The van der Waals surface area contributed by atoms with Crippen LogP contribution in [-0.2, 0) is 14.8 Å². The zero-order chi connectivity index (χ0) is 14.6. The summed E-state index contributed by atoms with van der Waals surface area (Å²) in [4.78, 5) is 0.0463. The average Bonchev–Trinajstić information content (AvgIpc) is 3.24. The van der Waals surface area contributed by atoms with Crippen LogP contribution in [0.25, 0.3) is 0 Å². The lowest BCUT2D eigenvalue weighted by Crippen LogP contribution is -2.31. The molecule has 0 radical (unpaired) electrons. The number of ether oxygens (including phenoxy) is 1. The van der Waals surface area contributed by atoms with E-state index in [4.69, 9.17) is 10.00 Å². The van der Waals surface area contributed by atoms with Gasteiger partial charge in [-0.3, -0.25) is 0 Å². The normalized spacial score (nSPS) is 16.6. The van der Waals surface area contributed by atoms with Gasteiger partial charge < -0.3 is 4.74 Å². The molecule has 1 saturated carbocycles. The van der Waals surface area contributed by atoms with Crippen LogP contribution in [0.1, 0.15) is 24.8 Å². The molecule has 0 aromatic heterocycles. The third-order valence-electron chi connectivity index (χ3n) is 3.73. The summed E-state index contributed by atoms with van der Waals surface area (Å²) in [5.41, 5.74) is 0.201. The van der Waals surface area contributed by atoms with E-state index in [1.54, 1.807) is 19.2 Å². The van der Waals surface area contributed by atoms with Crippen molar-refractivity contribution in [3.8, 4) is 6.07 Å². The quantitative estimate of drug-likeness (QED) is 0.829. The van der Waals surface area contributed by atoms with Gasteiger partial charge in [0.05, 0.1) is 10.5 Å². The van der Waals surface area contributed by atoms with Crippen molar-refractivity contribution in [3.63, 3.8) is 0 Å². The van der Waals surface area contributed by atoms with Crippen LogP contribution in [0.3, 0.4) is 0 Å². The van der Waals surface area contributed by atoms with Crippen molar-refractivity contribution < 1.29 is 13.2 Å². The third-order valence-corrected chi connectivity index (χ3v) is 5.19. The second-order valence-electron chi connectivity index (χ2n) is 5.18. The Morgan fingerprint density at radius 3 is 2.70 bits per heavy atom.